The lowest BCUT2D eigenvalue weighted by molar-refractivity contribution is 0.287. The fourth-order valence-corrected chi connectivity index (χ4v) is 1.68. The van der Waals surface area contributed by atoms with Gasteiger partial charge >= 0.3 is 0 Å². The van der Waals surface area contributed by atoms with Crippen molar-refractivity contribution in [1.82, 2.24) is 0 Å². The van der Waals surface area contributed by atoms with E-state index in [0.29, 0.717) is 30.4 Å². The van der Waals surface area contributed by atoms with Crippen LogP contribution >= 0.6 is 0 Å². The number of rotatable bonds is 3. The van der Waals surface area contributed by atoms with E-state index in [1.807, 2.05) is 6.07 Å². The average Bonchev–Trinajstić information content (AvgIpc) is 2.70. The van der Waals surface area contributed by atoms with Gasteiger partial charge in [0, 0.05) is 0 Å². The molecule has 0 saturated carbocycles. The molecule has 2 nitrogen and oxygen atoms in total. The van der Waals surface area contributed by atoms with Crippen LogP contribution in [0.4, 0.5) is 4.39 Å². The monoisotopic (exact) mass is 221 g/mol. The molecule has 1 aliphatic heterocycles. The Morgan fingerprint density at radius 1 is 1.44 bits per heavy atom. The van der Waals surface area contributed by atoms with Crippen molar-refractivity contribution in [2.75, 3.05) is 6.61 Å². The van der Waals surface area contributed by atoms with Gasteiger partial charge in [0.25, 0.3) is 0 Å². The van der Waals surface area contributed by atoms with Crippen molar-refractivity contribution >= 4 is 5.90 Å². The number of benzene rings is 1. The topological polar surface area (TPSA) is 21.6 Å². The SMILES string of the molecule is CC(C)C1COC(Cc2ccccc2F)=N1. The Bertz CT molecular complexity index is 401. The zero-order valence-corrected chi connectivity index (χ0v) is 9.61. The minimum Gasteiger partial charge on any atom is -0.478 e. The third kappa shape index (κ3) is 2.40. The van der Waals surface area contributed by atoms with Gasteiger partial charge in [-0.05, 0) is 17.5 Å². The van der Waals surface area contributed by atoms with Crippen LogP contribution in [-0.2, 0) is 11.2 Å². The Morgan fingerprint density at radius 3 is 2.81 bits per heavy atom. The van der Waals surface area contributed by atoms with Crippen molar-refractivity contribution in [2.45, 2.75) is 26.3 Å². The number of halogens is 1. The predicted molar refractivity (Wildman–Crippen MR) is 62.1 cm³/mol. The van der Waals surface area contributed by atoms with Crippen LogP contribution in [-0.4, -0.2) is 18.5 Å². The van der Waals surface area contributed by atoms with Crippen LogP contribution in [0, 0.1) is 11.7 Å². The summed E-state index contributed by atoms with van der Waals surface area (Å²) in [4.78, 5) is 4.45. The number of nitrogens with zero attached hydrogens (tertiary/aromatic N) is 1. The Hall–Kier alpha value is -1.38. The van der Waals surface area contributed by atoms with E-state index < -0.39 is 0 Å². The summed E-state index contributed by atoms with van der Waals surface area (Å²) < 4.78 is 18.9. The molecule has 86 valence electrons. The molecule has 1 aliphatic rings. The first-order chi connectivity index (χ1) is 7.66. The first-order valence-corrected chi connectivity index (χ1v) is 5.59. The van der Waals surface area contributed by atoms with Crippen molar-refractivity contribution in [3.8, 4) is 0 Å². The molecule has 16 heavy (non-hydrogen) atoms. The molecule has 0 N–H and O–H groups in total. The van der Waals surface area contributed by atoms with E-state index in [-0.39, 0.29) is 11.9 Å². The molecule has 1 heterocycles. The molecule has 0 aromatic heterocycles. The second kappa shape index (κ2) is 4.64. The van der Waals surface area contributed by atoms with E-state index >= 15 is 0 Å². The van der Waals surface area contributed by atoms with E-state index in [9.17, 15) is 4.39 Å². The molecular formula is C13H16FNO. The third-order valence-corrected chi connectivity index (χ3v) is 2.80. The standard InChI is InChI=1S/C13H16FNO/c1-9(2)12-8-16-13(15-12)7-10-5-3-4-6-11(10)14/h3-6,9,12H,7-8H2,1-2H3. The van der Waals surface area contributed by atoms with Gasteiger partial charge < -0.3 is 4.74 Å². The van der Waals surface area contributed by atoms with Gasteiger partial charge in [-0.15, -0.1) is 0 Å². The number of hydrogen-bond acceptors (Lipinski definition) is 2. The van der Waals surface area contributed by atoms with E-state index in [0.717, 1.165) is 0 Å². The fourth-order valence-electron chi connectivity index (χ4n) is 1.68. The van der Waals surface area contributed by atoms with Crippen LogP contribution in [0.5, 0.6) is 0 Å². The van der Waals surface area contributed by atoms with Gasteiger partial charge in [-0.25, -0.2) is 9.38 Å². The van der Waals surface area contributed by atoms with Gasteiger partial charge in [0.2, 0.25) is 0 Å². The second-order valence-corrected chi connectivity index (χ2v) is 4.41. The lowest BCUT2D eigenvalue weighted by Crippen LogP contribution is -2.13. The van der Waals surface area contributed by atoms with Gasteiger partial charge in [0.15, 0.2) is 5.90 Å². The molecule has 1 aromatic carbocycles. The zero-order chi connectivity index (χ0) is 11.5. The quantitative estimate of drug-likeness (QED) is 0.769. The second-order valence-electron chi connectivity index (χ2n) is 4.41. The van der Waals surface area contributed by atoms with Crippen molar-refractivity contribution in [3.63, 3.8) is 0 Å². The van der Waals surface area contributed by atoms with Gasteiger partial charge in [0.05, 0.1) is 12.5 Å². The van der Waals surface area contributed by atoms with Crippen LogP contribution in [0.15, 0.2) is 29.3 Å². The Morgan fingerprint density at radius 2 is 2.19 bits per heavy atom. The molecule has 1 atom stereocenters. The predicted octanol–water partition coefficient (Wildman–Crippen LogP) is 2.82. The average molecular weight is 221 g/mol. The van der Waals surface area contributed by atoms with Crippen LogP contribution in [0.1, 0.15) is 19.4 Å². The number of ether oxygens (including phenoxy) is 1. The summed E-state index contributed by atoms with van der Waals surface area (Å²) in [7, 11) is 0. The molecule has 0 amide bonds. The van der Waals surface area contributed by atoms with E-state index in [4.69, 9.17) is 4.74 Å². The molecule has 0 aliphatic carbocycles. The minimum absolute atomic E-state index is 0.193. The summed E-state index contributed by atoms with van der Waals surface area (Å²) in [5.41, 5.74) is 0.644. The van der Waals surface area contributed by atoms with Gasteiger partial charge in [0.1, 0.15) is 12.4 Å². The van der Waals surface area contributed by atoms with Crippen molar-refractivity contribution in [1.29, 1.82) is 0 Å². The maximum atomic E-state index is 13.4. The molecular weight excluding hydrogens is 205 g/mol. The molecule has 1 unspecified atom stereocenters. The maximum Gasteiger partial charge on any atom is 0.188 e. The zero-order valence-electron chi connectivity index (χ0n) is 9.61. The maximum absolute atomic E-state index is 13.4. The van der Waals surface area contributed by atoms with Crippen molar-refractivity contribution in [2.24, 2.45) is 10.9 Å². The number of aliphatic imine (C=N–C) groups is 1. The highest BCUT2D eigenvalue weighted by Gasteiger charge is 2.22. The Kier molecular flexibility index (Phi) is 3.22. The van der Waals surface area contributed by atoms with Crippen LogP contribution < -0.4 is 0 Å². The Balaban J connectivity index is 2.07. The van der Waals surface area contributed by atoms with Gasteiger partial charge in [-0.3, -0.25) is 0 Å². The van der Waals surface area contributed by atoms with Gasteiger partial charge in [-0.2, -0.15) is 0 Å². The van der Waals surface area contributed by atoms with E-state index in [2.05, 4.69) is 18.8 Å². The molecule has 0 fully saturated rings. The van der Waals surface area contributed by atoms with E-state index in [1.54, 1.807) is 12.1 Å². The van der Waals surface area contributed by atoms with Crippen molar-refractivity contribution in [3.05, 3.63) is 35.6 Å². The summed E-state index contributed by atoms with van der Waals surface area (Å²) in [6.07, 6.45) is 0.454. The lowest BCUT2D eigenvalue weighted by atomic mass is 10.1. The summed E-state index contributed by atoms with van der Waals surface area (Å²) in [6, 6.07) is 6.97. The highest BCUT2D eigenvalue weighted by atomic mass is 19.1. The fraction of sp³-hybridized carbons (Fsp3) is 0.462. The summed E-state index contributed by atoms with van der Waals surface area (Å²) >= 11 is 0. The summed E-state index contributed by atoms with van der Waals surface area (Å²) in [6.45, 7) is 4.86. The van der Waals surface area contributed by atoms with Gasteiger partial charge in [-0.1, -0.05) is 32.0 Å². The molecule has 0 radical (unpaired) electrons. The minimum atomic E-state index is -0.193. The summed E-state index contributed by atoms with van der Waals surface area (Å²) in [5.74, 6) is 0.934. The summed E-state index contributed by atoms with van der Waals surface area (Å²) in [5, 5.41) is 0. The highest BCUT2D eigenvalue weighted by molar-refractivity contribution is 5.80. The smallest absolute Gasteiger partial charge is 0.188 e. The first-order valence-electron chi connectivity index (χ1n) is 5.59. The van der Waals surface area contributed by atoms with Crippen LogP contribution in [0.3, 0.4) is 0 Å². The largest absolute Gasteiger partial charge is 0.478 e. The van der Waals surface area contributed by atoms with Crippen LogP contribution in [0.2, 0.25) is 0 Å². The highest BCUT2D eigenvalue weighted by Crippen LogP contribution is 2.16. The van der Waals surface area contributed by atoms with Crippen molar-refractivity contribution < 1.29 is 9.13 Å². The molecule has 0 saturated heterocycles. The van der Waals surface area contributed by atoms with E-state index in [1.165, 1.54) is 6.07 Å². The molecule has 0 bridgehead atoms. The molecule has 3 heteroatoms. The molecule has 0 spiro atoms. The molecule has 1 aromatic rings. The first kappa shape index (κ1) is 11.1. The normalized spacial score (nSPS) is 19.8. The number of hydrogen-bond donors (Lipinski definition) is 0. The Labute approximate surface area is 95.2 Å². The lowest BCUT2D eigenvalue weighted by Gasteiger charge is -2.06. The molecule has 2 rings (SSSR count). The third-order valence-electron chi connectivity index (χ3n) is 2.80. The van der Waals surface area contributed by atoms with Crippen LogP contribution in [0.25, 0.3) is 0 Å².